The minimum Gasteiger partial charge on any atom is -0.352 e. The first-order valence-corrected chi connectivity index (χ1v) is 12.4. The Morgan fingerprint density at radius 3 is 2.59 bits per heavy atom. The molecule has 1 fully saturated rings. The smallest absolute Gasteiger partial charge is 0.262 e. The first kappa shape index (κ1) is 23.8. The second kappa shape index (κ2) is 9.73. The van der Waals surface area contributed by atoms with E-state index in [4.69, 9.17) is 0 Å². The van der Waals surface area contributed by atoms with Gasteiger partial charge in [-0.15, -0.1) is 0 Å². The largest absolute Gasteiger partial charge is 0.352 e. The third-order valence-electron chi connectivity index (χ3n) is 5.80. The van der Waals surface area contributed by atoms with Crippen molar-refractivity contribution in [2.45, 2.75) is 63.9 Å². The lowest BCUT2D eigenvalue weighted by molar-refractivity contribution is -0.125. The van der Waals surface area contributed by atoms with Crippen LogP contribution >= 0.6 is 0 Å². The van der Waals surface area contributed by atoms with Crippen LogP contribution in [0.3, 0.4) is 0 Å². The van der Waals surface area contributed by atoms with E-state index in [1.807, 2.05) is 26.8 Å². The number of amides is 2. The van der Waals surface area contributed by atoms with Crippen LogP contribution in [0.4, 0.5) is 5.69 Å². The number of anilines is 1. The molecule has 2 aromatic carbocycles. The van der Waals surface area contributed by atoms with Crippen molar-refractivity contribution in [3.05, 3.63) is 59.2 Å². The molecule has 7 nitrogen and oxygen atoms in total. The number of rotatable bonds is 7. The van der Waals surface area contributed by atoms with Crippen LogP contribution in [-0.4, -0.2) is 43.8 Å². The quantitative estimate of drug-likeness (QED) is 0.664. The number of carbonyl (C=O) groups is 2. The summed E-state index contributed by atoms with van der Waals surface area (Å²) in [5.41, 5.74) is 2.27. The van der Waals surface area contributed by atoms with Crippen molar-refractivity contribution in [2.75, 3.05) is 11.3 Å². The van der Waals surface area contributed by atoms with E-state index in [0.29, 0.717) is 29.8 Å². The fourth-order valence-corrected chi connectivity index (χ4v) is 5.19. The Hall–Kier alpha value is -2.87. The van der Waals surface area contributed by atoms with Crippen LogP contribution in [0.5, 0.6) is 0 Å². The molecule has 1 saturated heterocycles. The molecule has 172 valence electrons. The maximum atomic E-state index is 13.2. The summed E-state index contributed by atoms with van der Waals surface area (Å²) in [6.07, 6.45) is 2.19. The number of hydrogen-bond donors (Lipinski definition) is 2. The fourth-order valence-electron chi connectivity index (χ4n) is 3.92. The second-order valence-corrected chi connectivity index (χ2v) is 10.1. The third kappa shape index (κ3) is 5.30. The fraction of sp³-hybridized carbons (Fsp3) is 0.417. The number of aryl methyl sites for hydroxylation is 2. The first-order valence-electron chi connectivity index (χ1n) is 10.9. The molecule has 8 heteroatoms. The van der Waals surface area contributed by atoms with E-state index in [2.05, 4.69) is 10.0 Å². The van der Waals surface area contributed by atoms with Gasteiger partial charge in [0.2, 0.25) is 5.91 Å². The minimum atomic E-state index is -3.80. The molecule has 0 spiro atoms. The SMILES string of the molecule is CC[C@@H](C)NC(=O)[C@@H]1CCCN1C(=O)c1cccc(NS(=O)(=O)c2ccc(C)cc2C)c1. The molecule has 2 amide bonds. The van der Waals surface area contributed by atoms with E-state index in [1.54, 1.807) is 42.2 Å². The van der Waals surface area contributed by atoms with Gasteiger partial charge in [0, 0.05) is 23.8 Å². The van der Waals surface area contributed by atoms with Gasteiger partial charge in [-0.1, -0.05) is 30.7 Å². The Kier molecular flexibility index (Phi) is 7.23. The normalized spacial score (nSPS) is 17.1. The van der Waals surface area contributed by atoms with Crippen LogP contribution in [0.15, 0.2) is 47.4 Å². The van der Waals surface area contributed by atoms with Crippen molar-refractivity contribution < 1.29 is 18.0 Å². The van der Waals surface area contributed by atoms with Crippen molar-refractivity contribution in [1.29, 1.82) is 0 Å². The number of sulfonamides is 1. The van der Waals surface area contributed by atoms with E-state index in [0.717, 1.165) is 18.4 Å². The molecule has 2 atom stereocenters. The van der Waals surface area contributed by atoms with Crippen molar-refractivity contribution in [3.8, 4) is 0 Å². The minimum absolute atomic E-state index is 0.0445. The van der Waals surface area contributed by atoms with E-state index in [-0.39, 0.29) is 22.8 Å². The first-order chi connectivity index (χ1) is 15.1. The zero-order valence-electron chi connectivity index (χ0n) is 19.0. The lowest BCUT2D eigenvalue weighted by Crippen LogP contribution is -2.48. The zero-order chi connectivity index (χ0) is 23.5. The van der Waals surface area contributed by atoms with Crippen LogP contribution in [-0.2, 0) is 14.8 Å². The van der Waals surface area contributed by atoms with Gasteiger partial charge >= 0.3 is 0 Å². The summed E-state index contributed by atoms with van der Waals surface area (Å²) >= 11 is 0. The Morgan fingerprint density at radius 2 is 1.91 bits per heavy atom. The number of likely N-dealkylation sites (tertiary alicyclic amines) is 1. The molecule has 0 aliphatic carbocycles. The van der Waals surface area contributed by atoms with Gasteiger partial charge in [0.15, 0.2) is 0 Å². The molecule has 2 aromatic rings. The third-order valence-corrected chi connectivity index (χ3v) is 7.34. The molecular weight excluding hydrogens is 426 g/mol. The van der Waals surface area contributed by atoms with Crippen LogP contribution in [0, 0.1) is 13.8 Å². The average Bonchev–Trinajstić information content (AvgIpc) is 3.22. The van der Waals surface area contributed by atoms with E-state index in [9.17, 15) is 18.0 Å². The average molecular weight is 458 g/mol. The standard InChI is InChI=1S/C24H31N3O4S/c1-5-18(4)25-23(28)21-10-7-13-27(21)24(29)19-8-6-9-20(15-19)26-32(30,31)22-12-11-16(2)14-17(22)3/h6,8-9,11-12,14-15,18,21,26H,5,7,10,13H2,1-4H3,(H,25,28)/t18-,21+/m1/s1. The summed E-state index contributed by atoms with van der Waals surface area (Å²) in [6.45, 7) is 8.08. The lowest BCUT2D eigenvalue weighted by atomic mass is 10.1. The summed E-state index contributed by atoms with van der Waals surface area (Å²) in [5.74, 6) is -0.420. The zero-order valence-corrected chi connectivity index (χ0v) is 19.8. The van der Waals surface area contributed by atoms with Crippen LogP contribution in [0.25, 0.3) is 0 Å². The summed E-state index contributed by atoms with van der Waals surface area (Å²) in [4.78, 5) is 27.6. The predicted molar refractivity (Wildman–Crippen MR) is 125 cm³/mol. The Bertz CT molecular complexity index is 1110. The Balaban J connectivity index is 1.79. The summed E-state index contributed by atoms with van der Waals surface area (Å²) < 4.78 is 28.3. The molecule has 1 heterocycles. The van der Waals surface area contributed by atoms with Gasteiger partial charge < -0.3 is 10.2 Å². The van der Waals surface area contributed by atoms with Crippen molar-refractivity contribution in [2.24, 2.45) is 0 Å². The van der Waals surface area contributed by atoms with Gasteiger partial charge in [0.25, 0.3) is 15.9 Å². The maximum absolute atomic E-state index is 13.2. The van der Waals surface area contributed by atoms with Gasteiger partial charge in [0.1, 0.15) is 6.04 Å². The molecule has 0 aromatic heterocycles. The van der Waals surface area contributed by atoms with Gasteiger partial charge in [-0.2, -0.15) is 0 Å². The van der Waals surface area contributed by atoms with E-state index < -0.39 is 16.1 Å². The molecule has 0 bridgehead atoms. The lowest BCUT2D eigenvalue weighted by Gasteiger charge is -2.25. The molecule has 1 aliphatic rings. The van der Waals surface area contributed by atoms with Gasteiger partial charge in [-0.3, -0.25) is 14.3 Å². The Labute approximate surface area is 190 Å². The molecule has 32 heavy (non-hydrogen) atoms. The highest BCUT2D eigenvalue weighted by molar-refractivity contribution is 7.92. The van der Waals surface area contributed by atoms with E-state index >= 15 is 0 Å². The number of nitrogens with zero attached hydrogens (tertiary/aromatic N) is 1. The number of carbonyl (C=O) groups excluding carboxylic acids is 2. The maximum Gasteiger partial charge on any atom is 0.262 e. The van der Waals surface area contributed by atoms with Crippen molar-refractivity contribution in [3.63, 3.8) is 0 Å². The molecule has 3 rings (SSSR count). The summed E-state index contributed by atoms with van der Waals surface area (Å²) in [5, 5.41) is 2.95. The topological polar surface area (TPSA) is 95.6 Å². The molecule has 1 aliphatic heterocycles. The second-order valence-electron chi connectivity index (χ2n) is 8.43. The van der Waals surface area contributed by atoms with Gasteiger partial charge in [-0.25, -0.2) is 8.42 Å². The van der Waals surface area contributed by atoms with Gasteiger partial charge in [-0.05, 0) is 69.9 Å². The van der Waals surface area contributed by atoms with Crippen molar-refractivity contribution in [1.82, 2.24) is 10.2 Å². The van der Waals surface area contributed by atoms with Crippen molar-refractivity contribution >= 4 is 27.5 Å². The highest BCUT2D eigenvalue weighted by Gasteiger charge is 2.35. The summed E-state index contributed by atoms with van der Waals surface area (Å²) in [7, 11) is -3.80. The molecule has 2 N–H and O–H groups in total. The number of nitrogens with one attached hydrogen (secondary N) is 2. The highest BCUT2D eigenvalue weighted by Crippen LogP contribution is 2.24. The number of hydrogen-bond acceptors (Lipinski definition) is 4. The molecular formula is C24H31N3O4S. The highest BCUT2D eigenvalue weighted by atomic mass is 32.2. The summed E-state index contributed by atoms with van der Waals surface area (Å²) in [6, 6.07) is 11.1. The van der Waals surface area contributed by atoms with Crippen LogP contribution in [0.2, 0.25) is 0 Å². The predicted octanol–water partition coefficient (Wildman–Crippen LogP) is 3.62. The van der Waals surface area contributed by atoms with Crippen LogP contribution < -0.4 is 10.0 Å². The Morgan fingerprint density at radius 1 is 1.16 bits per heavy atom. The van der Waals surface area contributed by atoms with E-state index in [1.165, 1.54) is 6.07 Å². The number of benzene rings is 2. The van der Waals surface area contributed by atoms with Crippen LogP contribution in [0.1, 0.15) is 54.6 Å². The molecule has 0 saturated carbocycles. The van der Waals surface area contributed by atoms with Gasteiger partial charge in [0.05, 0.1) is 4.90 Å². The monoisotopic (exact) mass is 457 g/mol. The molecule has 0 unspecified atom stereocenters. The molecule has 0 radical (unpaired) electrons.